The van der Waals surface area contributed by atoms with Gasteiger partial charge in [-0.2, -0.15) is 5.26 Å². The molecule has 4 heterocycles. The van der Waals surface area contributed by atoms with Gasteiger partial charge in [-0.15, -0.1) is 11.3 Å². The Hall–Kier alpha value is -2.10. The summed E-state index contributed by atoms with van der Waals surface area (Å²) in [4.78, 5) is 8.32. The molecule has 0 aromatic carbocycles. The molecular weight excluding hydrogens is 320 g/mol. The average Bonchev–Trinajstić information content (AvgIpc) is 2.89. The van der Waals surface area contributed by atoms with Crippen LogP contribution in [0.4, 0.5) is 0 Å². The van der Waals surface area contributed by atoms with Gasteiger partial charge >= 0.3 is 0 Å². The van der Waals surface area contributed by atoms with Crippen LogP contribution in [-0.2, 0) is 5.41 Å². The monoisotopic (exact) mass is 341 g/mol. The highest BCUT2D eigenvalue weighted by atomic mass is 32.1. The van der Waals surface area contributed by atoms with Crippen LogP contribution >= 0.6 is 11.3 Å². The fourth-order valence-electron chi connectivity index (χ4n) is 4.07. The van der Waals surface area contributed by atoms with Gasteiger partial charge in [0.1, 0.15) is 16.5 Å². The number of quaternary nitrogens is 1. The molecule has 6 heteroatoms. The maximum Gasteiger partial charge on any atom is 0.205 e. The molecule has 0 bridgehead atoms. The summed E-state index contributed by atoms with van der Waals surface area (Å²) < 4.78 is 5.96. The van der Waals surface area contributed by atoms with E-state index in [0.29, 0.717) is 5.57 Å². The fourth-order valence-corrected chi connectivity index (χ4v) is 5.55. The molecule has 0 unspecified atom stereocenters. The lowest BCUT2D eigenvalue weighted by atomic mass is 9.70. The summed E-state index contributed by atoms with van der Waals surface area (Å²) >= 11 is 1.67. The van der Waals surface area contributed by atoms with Gasteiger partial charge in [-0.1, -0.05) is 0 Å². The van der Waals surface area contributed by atoms with Gasteiger partial charge in [0, 0.05) is 18.5 Å². The summed E-state index contributed by atoms with van der Waals surface area (Å²) in [6, 6.07) is 4.42. The molecule has 0 amide bonds. The predicted octanol–water partition coefficient (Wildman–Crippen LogP) is 1.55. The molecule has 5 nitrogen and oxygen atoms in total. The van der Waals surface area contributed by atoms with Crippen molar-refractivity contribution in [3.05, 3.63) is 33.7 Å². The quantitative estimate of drug-likeness (QED) is 0.762. The number of allylic oxidation sites excluding steroid dienone is 1. The molecule has 0 saturated carbocycles. The first-order valence-corrected chi connectivity index (χ1v) is 9.08. The number of nitrogens with one attached hydrogen (secondary N) is 1. The van der Waals surface area contributed by atoms with E-state index in [2.05, 4.69) is 26.1 Å². The van der Waals surface area contributed by atoms with Crippen LogP contribution in [-0.4, -0.2) is 25.1 Å². The van der Waals surface area contributed by atoms with Crippen LogP contribution < -0.4 is 15.4 Å². The van der Waals surface area contributed by atoms with E-state index in [1.807, 2.05) is 6.92 Å². The Balaban J connectivity index is 2.01. The minimum atomic E-state index is -0.308. The van der Waals surface area contributed by atoms with Crippen LogP contribution in [0.25, 0.3) is 10.2 Å². The second kappa shape index (κ2) is 5.20. The Morgan fingerprint density at radius 1 is 1.38 bits per heavy atom. The zero-order valence-electron chi connectivity index (χ0n) is 14.2. The zero-order valence-corrected chi connectivity index (χ0v) is 15.0. The van der Waals surface area contributed by atoms with Crippen LogP contribution in [0, 0.1) is 25.2 Å². The number of nitrogens with two attached hydrogens (primary N) is 1. The maximum absolute atomic E-state index is 9.76. The second-order valence-electron chi connectivity index (χ2n) is 7.01. The van der Waals surface area contributed by atoms with Gasteiger partial charge in [0.05, 0.1) is 35.8 Å². The largest absolute Gasteiger partial charge is 0.439 e. The first kappa shape index (κ1) is 15.4. The van der Waals surface area contributed by atoms with Gasteiger partial charge in [0.15, 0.2) is 5.75 Å². The Bertz CT molecular complexity index is 913. The van der Waals surface area contributed by atoms with Crippen molar-refractivity contribution < 1.29 is 9.64 Å². The second-order valence-corrected chi connectivity index (χ2v) is 8.01. The number of pyridine rings is 1. The smallest absolute Gasteiger partial charge is 0.205 e. The normalized spacial score (nSPS) is 26.3. The summed E-state index contributed by atoms with van der Waals surface area (Å²) in [5.74, 6) is 1.10. The Kier molecular flexibility index (Phi) is 3.34. The summed E-state index contributed by atoms with van der Waals surface area (Å²) in [5, 5.41) is 10.8. The van der Waals surface area contributed by atoms with Crippen molar-refractivity contribution in [2.45, 2.75) is 32.1 Å². The third kappa shape index (κ3) is 1.98. The van der Waals surface area contributed by atoms with E-state index in [1.54, 1.807) is 11.3 Å². The van der Waals surface area contributed by atoms with Crippen molar-refractivity contribution in [2.75, 3.05) is 20.1 Å². The molecule has 2 aliphatic heterocycles. The summed E-state index contributed by atoms with van der Waals surface area (Å²) in [7, 11) is 2.20. The van der Waals surface area contributed by atoms with Gasteiger partial charge < -0.3 is 15.4 Å². The van der Waals surface area contributed by atoms with Gasteiger partial charge in [-0.05, 0) is 25.5 Å². The third-order valence-corrected chi connectivity index (χ3v) is 6.65. The molecule has 124 valence electrons. The average molecular weight is 341 g/mol. The number of thiophene rings is 1. The lowest BCUT2D eigenvalue weighted by Gasteiger charge is -2.40. The number of rotatable bonds is 0. The highest BCUT2D eigenvalue weighted by Crippen LogP contribution is 2.54. The molecule has 1 spiro atoms. The minimum Gasteiger partial charge on any atom is -0.439 e. The number of likely N-dealkylation sites (tertiary alicyclic amines) is 1. The highest BCUT2D eigenvalue weighted by molar-refractivity contribution is 7.19. The standard InChI is InChI=1S/C18H20N4OS/c1-10-8-11(2)21-17-13(10)14-15(24-17)18(4-6-22(3)7-5-18)12(9-19)16(20)23-14/h8H,4-7,20H2,1-3H3/p+1. The topological polar surface area (TPSA) is 76.4 Å². The predicted molar refractivity (Wildman–Crippen MR) is 94.1 cm³/mol. The lowest BCUT2D eigenvalue weighted by molar-refractivity contribution is -0.886. The SMILES string of the molecule is Cc1cc(C)c2c3c(sc2n1)C1(CC[NH+](C)CC1)C(C#N)=C(N)O3. The maximum atomic E-state index is 9.76. The molecule has 3 N–H and O–H groups in total. The van der Waals surface area contributed by atoms with Crippen LogP contribution in [0.2, 0.25) is 0 Å². The third-order valence-electron chi connectivity index (χ3n) is 5.38. The molecule has 0 atom stereocenters. The fraction of sp³-hybridized carbons (Fsp3) is 0.444. The molecule has 4 rings (SSSR count). The lowest BCUT2D eigenvalue weighted by Crippen LogP contribution is -3.10. The number of nitriles is 1. The number of hydrogen-bond acceptors (Lipinski definition) is 5. The van der Waals surface area contributed by atoms with E-state index in [1.165, 1.54) is 4.90 Å². The van der Waals surface area contributed by atoms with Gasteiger partial charge in [-0.3, -0.25) is 0 Å². The molecular formula is C18H21N4OS+. The van der Waals surface area contributed by atoms with E-state index < -0.39 is 0 Å². The molecule has 0 radical (unpaired) electrons. The van der Waals surface area contributed by atoms with Crippen molar-refractivity contribution >= 4 is 21.6 Å². The summed E-state index contributed by atoms with van der Waals surface area (Å²) in [5.41, 5.74) is 8.63. The molecule has 2 aliphatic rings. The molecule has 0 aliphatic carbocycles. The number of aryl methyl sites for hydroxylation is 2. The molecule has 1 fully saturated rings. The summed E-state index contributed by atoms with van der Waals surface area (Å²) in [6.45, 7) is 6.14. The molecule has 1 saturated heterocycles. The summed E-state index contributed by atoms with van der Waals surface area (Å²) in [6.07, 6.45) is 1.84. The van der Waals surface area contributed by atoms with E-state index in [9.17, 15) is 5.26 Å². The minimum absolute atomic E-state index is 0.268. The van der Waals surface area contributed by atoms with E-state index in [0.717, 1.165) is 58.0 Å². The van der Waals surface area contributed by atoms with Crippen molar-refractivity contribution in [3.8, 4) is 11.8 Å². The van der Waals surface area contributed by atoms with Gasteiger partial charge in [0.2, 0.25) is 5.88 Å². The molecule has 2 aromatic heterocycles. The van der Waals surface area contributed by atoms with E-state index >= 15 is 0 Å². The van der Waals surface area contributed by atoms with Gasteiger partial charge in [-0.25, -0.2) is 4.98 Å². The van der Waals surface area contributed by atoms with E-state index in [-0.39, 0.29) is 11.3 Å². The van der Waals surface area contributed by atoms with Crippen LogP contribution in [0.1, 0.15) is 29.0 Å². The van der Waals surface area contributed by atoms with Crippen LogP contribution in [0.5, 0.6) is 5.75 Å². The van der Waals surface area contributed by atoms with E-state index in [4.69, 9.17) is 15.5 Å². The van der Waals surface area contributed by atoms with Gasteiger partial charge in [0.25, 0.3) is 0 Å². The Labute approximate surface area is 145 Å². The number of fused-ring (bicyclic) bond motifs is 4. The van der Waals surface area contributed by atoms with Crippen LogP contribution in [0.15, 0.2) is 17.5 Å². The number of nitrogens with zero attached hydrogens (tertiary/aromatic N) is 2. The molecule has 2 aromatic rings. The number of piperidine rings is 1. The van der Waals surface area contributed by atoms with Crippen LogP contribution in [0.3, 0.4) is 0 Å². The Morgan fingerprint density at radius 2 is 2.08 bits per heavy atom. The first-order chi connectivity index (χ1) is 11.5. The number of ether oxygens (including phenoxy) is 1. The first-order valence-electron chi connectivity index (χ1n) is 8.27. The Morgan fingerprint density at radius 3 is 2.75 bits per heavy atom. The number of hydrogen-bond donors (Lipinski definition) is 2. The van der Waals surface area contributed by atoms with Crippen molar-refractivity contribution in [1.29, 1.82) is 5.26 Å². The highest BCUT2D eigenvalue weighted by Gasteiger charge is 2.49. The van der Waals surface area contributed by atoms with Crippen molar-refractivity contribution in [1.82, 2.24) is 4.98 Å². The number of aromatic nitrogens is 1. The molecule has 24 heavy (non-hydrogen) atoms. The van der Waals surface area contributed by atoms with Crippen molar-refractivity contribution in [3.63, 3.8) is 0 Å². The van der Waals surface area contributed by atoms with Crippen molar-refractivity contribution in [2.24, 2.45) is 5.73 Å². The zero-order chi connectivity index (χ0) is 17.1.